The van der Waals surface area contributed by atoms with Crippen molar-refractivity contribution in [1.29, 1.82) is 0 Å². The molecule has 130 valence electrons. The molecule has 2 aromatic carbocycles. The summed E-state index contributed by atoms with van der Waals surface area (Å²) in [4.78, 5) is 24.1. The van der Waals surface area contributed by atoms with E-state index in [9.17, 15) is 9.59 Å². The lowest BCUT2D eigenvalue weighted by molar-refractivity contribution is -0.129. The molecule has 3 rings (SSSR count). The molecule has 6 heteroatoms. The van der Waals surface area contributed by atoms with Gasteiger partial charge in [0.15, 0.2) is 5.60 Å². The minimum absolute atomic E-state index is 0.201. The Kier molecular flexibility index (Phi) is 4.12. The van der Waals surface area contributed by atoms with Gasteiger partial charge in [-0.1, -0.05) is 17.7 Å². The first kappa shape index (κ1) is 16.8. The number of rotatable bonds is 2. The lowest BCUT2D eigenvalue weighted by Gasteiger charge is -2.31. The second-order valence-corrected chi connectivity index (χ2v) is 6.67. The fourth-order valence-corrected chi connectivity index (χ4v) is 2.62. The Labute approximate surface area is 146 Å². The standard InChI is InChI=1S/C19H21N3O3/c1-11-5-7-14(12(2)9-11)22-18(24)20-13-6-8-15-16(10-13)25-19(3,4)17(23)21-15/h5-10H,1-4H3,(H,21,23)(H2,20,22,24). The number of fused-ring (bicyclic) bond motifs is 1. The minimum atomic E-state index is -0.951. The summed E-state index contributed by atoms with van der Waals surface area (Å²) in [5.74, 6) is 0.321. The van der Waals surface area contributed by atoms with E-state index in [0.717, 1.165) is 16.8 Å². The number of aryl methyl sites for hydroxylation is 2. The Balaban J connectivity index is 1.73. The van der Waals surface area contributed by atoms with Gasteiger partial charge in [-0.3, -0.25) is 4.79 Å². The summed E-state index contributed by atoms with van der Waals surface area (Å²) in [6.45, 7) is 7.33. The van der Waals surface area contributed by atoms with Gasteiger partial charge in [-0.25, -0.2) is 4.79 Å². The van der Waals surface area contributed by atoms with Gasteiger partial charge in [0.25, 0.3) is 5.91 Å². The van der Waals surface area contributed by atoms with Crippen molar-refractivity contribution in [3.63, 3.8) is 0 Å². The van der Waals surface area contributed by atoms with Crippen molar-refractivity contribution in [3.8, 4) is 5.75 Å². The van der Waals surface area contributed by atoms with Gasteiger partial charge >= 0.3 is 6.03 Å². The molecule has 1 aliphatic heterocycles. The summed E-state index contributed by atoms with van der Waals surface area (Å²) < 4.78 is 5.72. The molecule has 3 N–H and O–H groups in total. The molecule has 1 aliphatic rings. The van der Waals surface area contributed by atoms with Crippen LogP contribution in [0.4, 0.5) is 21.9 Å². The lowest BCUT2D eigenvalue weighted by Crippen LogP contribution is -2.45. The van der Waals surface area contributed by atoms with Crippen molar-refractivity contribution in [2.24, 2.45) is 0 Å². The van der Waals surface area contributed by atoms with E-state index in [1.54, 1.807) is 32.0 Å². The molecule has 0 unspecified atom stereocenters. The van der Waals surface area contributed by atoms with Gasteiger partial charge in [0, 0.05) is 17.4 Å². The molecule has 6 nitrogen and oxygen atoms in total. The van der Waals surface area contributed by atoms with E-state index < -0.39 is 5.60 Å². The van der Waals surface area contributed by atoms with Gasteiger partial charge in [0.05, 0.1) is 5.69 Å². The van der Waals surface area contributed by atoms with Gasteiger partial charge in [-0.2, -0.15) is 0 Å². The van der Waals surface area contributed by atoms with Crippen LogP contribution in [0.3, 0.4) is 0 Å². The van der Waals surface area contributed by atoms with Crippen LogP contribution in [0.25, 0.3) is 0 Å². The summed E-state index contributed by atoms with van der Waals surface area (Å²) in [5, 5.41) is 8.40. The molecule has 0 bridgehead atoms. The molecule has 0 fully saturated rings. The minimum Gasteiger partial charge on any atom is -0.476 e. The zero-order chi connectivity index (χ0) is 18.2. The average Bonchev–Trinajstić information content (AvgIpc) is 2.51. The maximum Gasteiger partial charge on any atom is 0.323 e. The van der Waals surface area contributed by atoms with Crippen LogP contribution in [-0.2, 0) is 4.79 Å². The van der Waals surface area contributed by atoms with E-state index in [1.807, 2.05) is 32.0 Å². The van der Waals surface area contributed by atoms with Gasteiger partial charge in [-0.05, 0) is 51.5 Å². The van der Waals surface area contributed by atoms with Crippen LogP contribution in [0.2, 0.25) is 0 Å². The monoisotopic (exact) mass is 339 g/mol. The normalized spacial score (nSPS) is 14.8. The SMILES string of the molecule is Cc1ccc(NC(=O)Nc2ccc3c(c2)OC(C)(C)C(=O)N3)c(C)c1. The van der Waals surface area contributed by atoms with E-state index in [4.69, 9.17) is 4.74 Å². The van der Waals surface area contributed by atoms with Crippen LogP contribution < -0.4 is 20.7 Å². The first-order chi connectivity index (χ1) is 11.7. The molecule has 0 aliphatic carbocycles. The Bertz CT molecular complexity index is 859. The molecule has 0 saturated carbocycles. The lowest BCUT2D eigenvalue weighted by atomic mass is 10.1. The summed E-state index contributed by atoms with van der Waals surface area (Å²) in [6.07, 6.45) is 0. The van der Waals surface area contributed by atoms with Crippen molar-refractivity contribution in [2.75, 3.05) is 16.0 Å². The van der Waals surface area contributed by atoms with Crippen LogP contribution in [0.15, 0.2) is 36.4 Å². The molecular weight excluding hydrogens is 318 g/mol. The van der Waals surface area contributed by atoms with Crippen LogP contribution in [0, 0.1) is 13.8 Å². The van der Waals surface area contributed by atoms with Crippen molar-refractivity contribution >= 4 is 29.0 Å². The number of urea groups is 1. The average molecular weight is 339 g/mol. The quantitative estimate of drug-likeness (QED) is 0.772. The number of benzene rings is 2. The second-order valence-electron chi connectivity index (χ2n) is 6.67. The molecule has 3 amide bonds. The number of nitrogens with one attached hydrogen (secondary N) is 3. The fraction of sp³-hybridized carbons (Fsp3) is 0.263. The van der Waals surface area contributed by atoms with Gasteiger partial charge in [0.1, 0.15) is 5.75 Å². The van der Waals surface area contributed by atoms with E-state index in [1.165, 1.54) is 0 Å². The summed E-state index contributed by atoms with van der Waals surface area (Å²) >= 11 is 0. The maximum absolute atomic E-state index is 12.2. The molecule has 0 aromatic heterocycles. The molecule has 0 saturated heterocycles. The van der Waals surface area contributed by atoms with Crippen LogP contribution >= 0.6 is 0 Å². The molecular formula is C19H21N3O3. The number of hydrogen-bond acceptors (Lipinski definition) is 3. The molecule has 25 heavy (non-hydrogen) atoms. The third-order valence-electron chi connectivity index (χ3n) is 4.03. The molecule has 0 atom stereocenters. The van der Waals surface area contributed by atoms with Gasteiger partial charge < -0.3 is 20.7 Å². The summed E-state index contributed by atoms with van der Waals surface area (Å²) in [6, 6.07) is 10.6. The van der Waals surface area contributed by atoms with Gasteiger partial charge in [-0.15, -0.1) is 0 Å². The van der Waals surface area contributed by atoms with E-state index >= 15 is 0 Å². The third-order valence-corrected chi connectivity index (χ3v) is 4.03. The second kappa shape index (κ2) is 6.12. The molecule has 0 spiro atoms. The Morgan fingerprint density at radius 3 is 2.56 bits per heavy atom. The highest BCUT2D eigenvalue weighted by Crippen LogP contribution is 2.35. The number of hydrogen-bond donors (Lipinski definition) is 3. The largest absolute Gasteiger partial charge is 0.476 e. The van der Waals surface area contributed by atoms with Crippen molar-refractivity contribution in [2.45, 2.75) is 33.3 Å². The number of amides is 3. The Hall–Kier alpha value is -3.02. The van der Waals surface area contributed by atoms with Crippen molar-refractivity contribution in [1.82, 2.24) is 0 Å². The zero-order valence-electron chi connectivity index (χ0n) is 14.7. The number of carbonyl (C=O) groups excluding carboxylic acids is 2. The van der Waals surface area contributed by atoms with Crippen LogP contribution in [0.5, 0.6) is 5.75 Å². The number of anilines is 3. The third kappa shape index (κ3) is 3.57. The first-order valence-electron chi connectivity index (χ1n) is 8.04. The van der Waals surface area contributed by atoms with Gasteiger partial charge in [0.2, 0.25) is 0 Å². The topological polar surface area (TPSA) is 79.5 Å². The number of ether oxygens (including phenoxy) is 1. The molecule has 2 aromatic rings. The highest BCUT2D eigenvalue weighted by Gasteiger charge is 2.35. The highest BCUT2D eigenvalue weighted by molar-refractivity contribution is 6.02. The fourth-order valence-electron chi connectivity index (χ4n) is 2.62. The van der Waals surface area contributed by atoms with Crippen LogP contribution in [-0.4, -0.2) is 17.5 Å². The molecule has 1 heterocycles. The summed E-state index contributed by atoms with van der Waals surface area (Å²) in [7, 11) is 0. The van der Waals surface area contributed by atoms with Crippen molar-refractivity contribution in [3.05, 3.63) is 47.5 Å². The highest BCUT2D eigenvalue weighted by atomic mass is 16.5. The Morgan fingerprint density at radius 2 is 1.84 bits per heavy atom. The smallest absolute Gasteiger partial charge is 0.323 e. The maximum atomic E-state index is 12.2. The Morgan fingerprint density at radius 1 is 1.08 bits per heavy atom. The first-order valence-corrected chi connectivity index (χ1v) is 8.04. The van der Waals surface area contributed by atoms with E-state index in [-0.39, 0.29) is 11.9 Å². The van der Waals surface area contributed by atoms with E-state index in [0.29, 0.717) is 17.1 Å². The molecule has 0 radical (unpaired) electrons. The van der Waals surface area contributed by atoms with Crippen molar-refractivity contribution < 1.29 is 14.3 Å². The summed E-state index contributed by atoms with van der Waals surface area (Å²) in [5.41, 5.74) is 3.10. The van der Waals surface area contributed by atoms with E-state index in [2.05, 4.69) is 16.0 Å². The predicted octanol–water partition coefficient (Wildman–Crippen LogP) is 4.06. The predicted molar refractivity (Wildman–Crippen MR) is 98.3 cm³/mol. The van der Waals surface area contributed by atoms with Crippen LogP contribution in [0.1, 0.15) is 25.0 Å². The zero-order valence-corrected chi connectivity index (χ0v) is 14.7. The number of carbonyl (C=O) groups is 2.